The number of piperazine rings is 1. The van der Waals surface area contributed by atoms with Gasteiger partial charge in [-0.3, -0.25) is 9.59 Å². The number of carbonyl (C=O) groups excluding carboxylic acids is 2. The van der Waals surface area contributed by atoms with Gasteiger partial charge in [-0.1, -0.05) is 29.8 Å². The predicted octanol–water partition coefficient (Wildman–Crippen LogP) is 2.81. The van der Waals surface area contributed by atoms with Crippen molar-refractivity contribution in [2.75, 3.05) is 26.2 Å². The van der Waals surface area contributed by atoms with Gasteiger partial charge in [0.15, 0.2) is 11.9 Å². The number of hydrogen-bond donors (Lipinski definition) is 0. The Hall–Kier alpha value is -2.71. The van der Waals surface area contributed by atoms with Crippen LogP contribution in [0.4, 0.5) is 0 Å². The molecule has 3 rings (SSSR count). The average molecular weight is 445 g/mol. The van der Waals surface area contributed by atoms with Gasteiger partial charge in [0.2, 0.25) is 10.0 Å². The Kier molecular flexibility index (Phi) is 6.81. The van der Waals surface area contributed by atoms with Crippen molar-refractivity contribution in [3.8, 4) is 5.75 Å². The first-order valence-corrected chi connectivity index (χ1v) is 11.7. The van der Waals surface area contributed by atoms with E-state index in [0.29, 0.717) is 34.9 Å². The summed E-state index contributed by atoms with van der Waals surface area (Å²) in [5, 5.41) is 0. The maximum absolute atomic E-state index is 13.0. The van der Waals surface area contributed by atoms with Crippen molar-refractivity contribution in [1.82, 2.24) is 9.21 Å². The summed E-state index contributed by atoms with van der Waals surface area (Å²) in [6.07, 6.45) is -0.746. The third kappa shape index (κ3) is 5.14. The van der Waals surface area contributed by atoms with Gasteiger partial charge >= 0.3 is 0 Å². The molecule has 2 aromatic rings. The predicted molar refractivity (Wildman–Crippen MR) is 118 cm³/mol. The van der Waals surface area contributed by atoms with Crippen LogP contribution in [-0.4, -0.2) is 61.6 Å². The van der Waals surface area contributed by atoms with E-state index in [0.717, 1.165) is 5.56 Å². The quantitative estimate of drug-likeness (QED) is 0.640. The second kappa shape index (κ2) is 9.20. The van der Waals surface area contributed by atoms with Crippen molar-refractivity contribution in [3.05, 3.63) is 59.2 Å². The number of ketones is 1. The Bertz CT molecular complexity index is 1090. The molecule has 1 aliphatic heterocycles. The van der Waals surface area contributed by atoms with E-state index in [1.54, 1.807) is 55.1 Å². The first-order valence-electron chi connectivity index (χ1n) is 10.2. The number of Topliss-reactive ketones (excluding diaryl/α,β-unsaturated/α-hetero) is 1. The van der Waals surface area contributed by atoms with Crippen molar-refractivity contribution in [2.24, 2.45) is 0 Å². The fraction of sp³-hybridized carbons (Fsp3) is 0.391. The third-order valence-corrected chi connectivity index (χ3v) is 7.46. The fourth-order valence-corrected chi connectivity index (χ4v) is 5.30. The minimum atomic E-state index is -3.61. The molecule has 0 bridgehead atoms. The van der Waals surface area contributed by atoms with Gasteiger partial charge in [0.25, 0.3) is 5.91 Å². The monoisotopic (exact) mass is 444 g/mol. The fourth-order valence-electron chi connectivity index (χ4n) is 3.68. The first-order chi connectivity index (χ1) is 14.6. The summed E-state index contributed by atoms with van der Waals surface area (Å²) in [6.45, 7) is 7.89. The Labute approximate surface area is 183 Å². The van der Waals surface area contributed by atoms with Gasteiger partial charge in [-0.2, -0.15) is 4.31 Å². The standard InChI is InChI=1S/C23H28N2O5S/c1-16-8-9-22(17(2)14-16)31(28,29)25-12-10-24(11-13-25)23(27)19(4)30-21-7-5-6-20(15-21)18(3)26/h5-9,14-15,19H,10-13H2,1-4H3. The van der Waals surface area contributed by atoms with Crippen LogP contribution in [0, 0.1) is 13.8 Å². The molecule has 0 radical (unpaired) electrons. The van der Waals surface area contributed by atoms with Gasteiger partial charge in [0.1, 0.15) is 5.75 Å². The zero-order valence-electron chi connectivity index (χ0n) is 18.3. The maximum Gasteiger partial charge on any atom is 0.263 e. The topological polar surface area (TPSA) is 84.0 Å². The molecule has 7 nitrogen and oxygen atoms in total. The van der Waals surface area contributed by atoms with Crippen LogP contribution in [0.2, 0.25) is 0 Å². The lowest BCUT2D eigenvalue weighted by atomic mass is 10.1. The Morgan fingerprint density at radius 2 is 1.68 bits per heavy atom. The Morgan fingerprint density at radius 1 is 1.00 bits per heavy atom. The van der Waals surface area contributed by atoms with E-state index < -0.39 is 16.1 Å². The van der Waals surface area contributed by atoms with E-state index in [9.17, 15) is 18.0 Å². The number of ether oxygens (including phenoxy) is 1. The molecule has 1 amide bonds. The molecule has 0 spiro atoms. The second-order valence-electron chi connectivity index (χ2n) is 7.84. The van der Waals surface area contributed by atoms with Crippen LogP contribution < -0.4 is 4.74 Å². The third-order valence-electron chi connectivity index (χ3n) is 5.40. The van der Waals surface area contributed by atoms with Crippen LogP contribution in [0.3, 0.4) is 0 Å². The SMILES string of the molecule is CC(=O)c1cccc(OC(C)C(=O)N2CCN(S(=O)(=O)c3ccc(C)cc3C)CC2)c1. The molecule has 31 heavy (non-hydrogen) atoms. The van der Waals surface area contributed by atoms with Gasteiger partial charge in [-0.25, -0.2) is 8.42 Å². The van der Waals surface area contributed by atoms with Crippen LogP contribution in [-0.2, 0) is 14.8 Å². The molecule has 0 saturated carbocycles. The molecular formula is C23H28N2O5S. The highest BCUT2D eigenvalue weighted by Crippen LogP contribution is 2.23. The molecule has 1 saturated heterocycles. The molecule has 0 aliphatic carbocycles. The number of aryl methyl sites for hydroxylation is 2. The summed E-state index contributed by atoms with van der Waals surface area (Å²) < 4.78 is 33.2. The molecule has 1 atom stereocenters. The normalized spacial score (nSPS) is 16.1. The number of benzene rings is 2. The van der Waals surface area contributed by atoms with Crippen molar-refractivity contribution in [3.63, 3.8) is 0 Å². The van der Waals surface area contributed by atoms with Gasteiger partial charge in [0, 0.05) is 31.7 Å². The van der Waals surface area contributed by atoms with E-state index in [2.05, 4.69) is 0 Å². The number of sulfonamides is 1. The first kappa shape index (κ1) is 23.0. The van der Waals surface area contributed by atoms with Crippen molar-refractivity contribution >= 4 is 21.7 Å². The summed E-state index contributed by atoms with van der Waals surface area (Å²) in [5.74, 6) is 0.159. The van der Waals surface area contributed by atoms with E-state index in [1.807, 2.05) is 13.0 Å². The lowest BCUT2D eigenvalue weighted by Crippen LogP contribution is -2.53. The number of nitrogens with zero attached hydrogens (tertiary/aromatic N) is 2. The Morgan fingerprint density at radius 3 is 2.29 bits per heavy atom. The molecule has 0 aromatic heterocycles. The van der Waals surface area contributed by atoms with E-state index in [1.165, 1.54) is 11.2 Å². The van der Waals surface area contributed by atoms with Gasteiger partial charge < -0.3 is 9.64 Å². The lowest BCUT2D eigenvalue weighted by molar-refractivity contribution is -0.139. The highest BCUT2D eigenvalue weighted by molar-refractivity contribution is 7.89. The summed E-state index contributed by atoms with van der Waals surface area (Å²) in [7, 11) is -3.61. The van der Waals surface area contributed by atoms with Crippen LogP contribution in [0.5, 0.6) is 5.75 Å². The molecule has 8 heteroatoms. The average Bonchev–Trinajstić information content (AvgIpc) is 2.73. The molecule has 166 valence electrons. The van der Waals surface area contributed by atoms with Crippen molar-refractivity contribution < 1.29 is 22.7 Å². The molecule has 1 aliphatic rings. The zero-order chi connectivity index (χ0) is 22.8. The number of amides is 1. The molecule has 0 N–H and O–H groups in total. The summed E-state index contributed by atoms with van der Waals surface area (Å²) in [6, 6.07) is 12.0. The lowest BCUT2D eigenvalue weighted by Gasteiger charge is -2.35. The molecule has 1 fully saturated rings. The second-order valence-corrected chi connectivity index (χ2v) is 9.75. The van der Waals surface area contributed by atoms with E-state index in [-0.39, 0.29) is 24.8 Å². The highest BCUT2D eigenvalue weighted by atomic mass is 32.2. The van der Waals surface area contributed by atoms with Crippen LogP contribution in [0.15, 0.2) is 47.4 Å². The molecule has 1 unspecified atom stereocenters. The zero-order valence-corrected chi connectivity index (χ0v) is 19.1. The summed E-state index contributed by atoms with van der Waals surface area (Å²) in [5.41, 5.74) is 2.24. The largest absolute Gasteiger partial charge is 0.481 e. The number of rotatable bonds is 6. The summed E-state index contributed by atoms with van der Waals surface area (Å²) in [4.78, 5) is 26.3. The number of carbonyl (C=O) groups is 2. The van der Waals surface area contributed by atoms with Crippen molar-refractivity contribution in [2.45, 2.75) is 38.7 Å². The van der Waals surface area contributed by atoms with Gasteiger partial charge in [-0.15, -0.1) is 0 Å². The Balaban J connectivity index is 1.62. The minimum Gasteiger partial charge on any atom is -0.481 e. The van der Waals surface area contributed by atoms with Crippen LogP contribution in [0.1, 0.15) is 35.3 Å². The van der Waals surface area contributed by atoms with Crippen LogP contribution >= 0.6 is 0 Å². The van der Waals surface area contributed by atoms with Gasteiger partial charge in [0.05, 0.1) is 4.90 Å². The highest BCUT2D eigenvalue weighted by Gasteiger charge is 2.32. The summed E-state index contributed by atoms with van der Waals surface area (Å²) >= 11 is 0. The van der Waals surface area contributed by atoms with E-state index in [4.69, 9.17) is 4.74 Å². The molecule has 1 heterocycles. The smallest absolute Gasteiger partial charge is 0.263 e. The van der Waals surface area contributed by atoms with Crippen LogP contribution in [0.25, 0.3) is 0 Å². The number of hydrogen-bond acceptors (Lipinski definition) is 5. The maximum atomic E-state index is 13.0. The van der Waals surface area contributed by atoms with Gasteiger partial charge in [-0.05, 0) is 51.5 Å². The van der Waals surface area contributed by atoms with Crippen molar-refractivity contribution in [1.29, 1.82) is 0 Å². The molecule has 2 aromatic carbocycles. The minimum absolute atomic E-state index is 0.0782. The molecular weight excluding hydrogens is 416 g/mol. The van der Waals surface area contributed by atoms with E-state index >= 15 is 0 Å².